The highest BCUT2D eigenvalue weighted by molar-refractivity contribution is 5.67. The topological polar surface area (TPSA) is 17.1 Å². The van der Waals surface area contributed by atoms with Crippen molar-refractivity contribution in [3.05, 3.63) is 46.1 Å². The molecule has 0 amide bonds. The van der Waals surface area contributed by atoms with Crippen LogP contribution in [-0.2, 0) is 0 Å². The molecule has 0 aromatic heterocycles. The fraction of sp³-hybridized carbons (Fsp3) is 0. The zero-order valence-corrected chi connectivity index (χ0v) is 5.97. The van der Waals surface area contributed by atoms with Gasteiger partial charge in [-0.2, -0.15) is 0 Å². The van der Waals surface area contributed by atoms with Crippen LogP contribution in [0.15, 0.2) is 29.1 Å². The van der Waals surface area contributed by atoms with E-state index in [4.69, 9.17) is 0 Å². The van der Waals surface area contributed by atoms with Crippen LogP contribution in [0.1, 0.15) is 0 Å². The first-order chi connectivity index (χ1) is 5.68. The molecule has 0 aliphatic carbocycles. The predicted molar refractivity (Wildman–Crippen MR) is 41.3 cm³/mol. The summed E-state index contributed by atoms with van der Waals surface area (Å²) in [5, 5.41) is -0.0906. The van der Waals surface area contributed by atoms with Crippen molar-refractivity contribution in [1.82, 2.24) is 0 Å². The van der Waals surface area contributed by atoms with E-state index in [0.717, 1.165) is 24.3 Å². The first-order valence-electron chi connectivity index (χ1n) is 3.40. The molecular formula is C9H4F2O. The van der Waals surface area contributed by atoms with Crippen molar-refractivity contribution in [2.24, 2.45) is 0 Å². The maximum absolute atomic E-state index is 12.9. The second kappa shape index (κ2) is 2.24. The van der Waals surface area contributed by atoms with E-state index in [1.54, 1.807) is 0 Å². The lowest BCUT2D eigenvalue weighted by atomic mass is 10.2. The van der Waals surface area contributed by atoms with E-state index in [1.165, 1.54) is 0 Å². The van der Waals surface area contributed by atoms with E-state index in [0.29, 0.717) is 0 Å². The number of hydrogen-bond acceptors (Lipinski definition) is 1. The van der Waals surface area contributed by atoms with Gasteiger partial charge in [0.25, 0.3) is 0 Å². The third-order valence-electron chi connectivity index (χ3n) is 1.76. The summed E-state index contributed by atoms with van der Waals surface area (Å²) in [4.78, 5) is 11.0. The normalized spacial score (nSPS) is 10.8. The predicted octanol–water partition coefficient (Wildman–Crippen LogP) is 1.92. The Morgan fingerprint density at radius 2 is 1.58 bits per heavy atom. The highest BCUT2D eigenvalue weighted by Gasteiger charge is 2.06. The average molecular weight is 166 g/mol. The van der Waals surface area contributed by atoms with Gasteiger partial charge in [0.2, 0.25) is 0 Å². The fourth-order valence-electron chi connectivity index (χ4n) is 1.14. The van der Waals surface area contributed by atoms with Crippen LogP contribution in [-0.4, -0.2) is 0 Å². The van der Waals surface area contributed by atoms with Gasteiger partial charge in [0, 0.05) is 10.8 Å². The van der Waals surface area contributed by atoms with Crippen LogP contribution in [0.25, 0.3) is 10.8 Å². The van der Waals surface area contributed by atoms with E-state index in [2.05, 4.69) is 0 Å². The number of hydrogen-bond donors (Lipinski definition) is 0. The molecule has 0 aliphatic heterocycles. The van der Waals surface area contributed by atoms with Crippen LogP contribution in [0.2, 0.25) is 0 Å². The molecule has 0 spiro atoms. The lowest BCUT2D eigenvalue weighted by molar-refractivity contribution is 0.606. The summed E-state index contributed by atoms with van der Waals surface area (Å²) < 4.78 is 25.8. The quantitative estimate of drug-likeness (QED) is 0.584. The van der Waals surface area contributed by atoms with Gasteiger partial charge >= 0.3 is 0 Å². The molecule has 0 fully saturated rings. The fourth-order valence-corrected chi connectivity index (χ4v) is 1.14. The van der Waals surface area contributed by atoms with Crippen LogP contribution >= 0.6 is 0 Å². The standard InChI is InChI=1S/C9H4F2O/c10-7-3-5-4-8(11)6(7)1-2-9(5)12/h1-4H. The third kappa shape index (κ3) is 0.863. The van der Waals surface area contributed by atoms with Gasteiger partial charge in [-0.3, -0.25) is 4.79 Å². The maximum Gasteiger partial charge on any atom is 0.186 e. The Hall–Kier alpha value is -1.51. The molecule has 0 radical (unpaired) electrons. The smallest absolute Gasteiger partial charge is 0.186 e. The summed E-state index contributed by atoms with van der Waals surface area (Å²) in [5.41, 5.74) is -0.368. The van der Waals surface area contributed by atoms with Crippen LogP contribution in [0.4, 0.5) is 8.78 Å². The van der Waals surface area contributed by atoms with Crippen molar-refractivity contribution >= 4 is 10.8 Å². The van der Waals surface area contributed by atoms with Crippen molar-refractivity contribution in [2.45, 2.75) is 0 Å². The van der Waals surface area contributed by atoms with Gasteiger partial charge in [0.05, 0.1) is 0 Å². The van der Waals surface area contributed by atoms with E-state index < -0.39 is 11.6 Å². The zero-order chi connectivity index (χ0) is 8.72. The summed E-state index contributed by atoms with van der Waals surface area (Å²) in [7, 11) is 0. The van der Waals surface area contributed by atoms with Crippen molar-refractivity contribution in [1.29, 1.82) is 0 Å². The minimum atomic E-state index is -0.688. The Labute approximate surface area is 66.6 Å². The molecule has 1 nitrogen and oxygen atoms in total. The van der Waals surface area contributed by atoms with Crippen LogP contribution in [0.5, 0.6) is 0 Å². The molecule has 2 bridgehead atoms. The SMILES string of the molecule is O=c1ccc2c(F)cc1cc2F. The van der Waals surface area contributed by atoms with Gasteiger partial charge in [0.1, 0.15) is 11.6 Å². The van der Waals surface area contributed by atoms with Crippen molar-refractivity contribution in [3.63, 3.8) is 0 Å². The molecule has 3 aromatic carbocycles. The number of rotatable bonds is 0. The van der Waals surface area contributed by atoms with E-state index in [1.807, 2.05) is 0 Å². The Balaban J connectivity index is 3.14. The molecule has 0 atom stereocenters. The molecule has 0 N–H and O–H groups in total. The number of fused-ring (bicyclic) bond motifs is 4. The Morgan fingerprint density at radius 3 is 2.17 bits per heavy atom. The van der Waals surface area contributed by atoms with Crippen LogP contribution in [0, 0.1) is 11.6 Å². The summed E-state index contributed by atoms with van der Waals surface area (Å²) in [6.45, 7) is 0. The number of benzene rings is 1. The van der Waals surface area contributed by atoms with Gasteiger partial charge in [-0.1, -0.05) is 0 Å². The highest BCUT2D eigenvalue weighted by Crippen LogP contribution is 2.15. The molecule has 0 saturated carbocycles. The summed E-state index contributed by atoms with van der Waals surface area (Å²) in [5.74, 6) is -1.38. The van der Waals surface area contributed by atoms with Crippen molar-refractivity contribution in [2.75, 3.05) is 0 Å². The van der Waals surface area contributed by atoms with Gasteiger partial charge in [-0.05, 0) is 24.3 Å². The van der Waals surface area contributed by atoms with Crippen LogP contribution < -0.4 is 5.43 Å². The second-order valence-corrected chi connectivity index (χ2v) is 2.55. The Morgan fingerprint density at radius 1 is 1.00 bits per heavy atom. The van der Waals surface area contributed by atoms with Gasteiger partial charge in [-0.15, -0.1) is 0 Å². The minimum Gasteiger partial charge on any atom is -0.289 e. The molecule has 60 valence electrons. The molecule has 3 aromatic rings. The summed E-state index contributed by atoms with van der Waals surface area (Å²) in [6, 6.07) is 4.40. The molecule has 0 saturated heterocycles. The van der Waals surface area contributed by atoms with Crippen molar-refractivity contribution < 1.29 is 8.78 Å². The zero-order valence-electron chi connectivity index (χ0n) is 5.97. The third-order valence-corrected chi connectivity index (χ3v) is 1.76. The molecule has 3 rings (SSSR count). The van der Waals surface area contributed by atoms with Gasteiger partial charge in [0.15, 0.2) is 5.43 Å². The average Bonchev–Trinajstić information content (AvgIpc) is 2.20. The Kier molecular flexibility index (Phi) is 1.33. The van der Waals surface area contributed by atoms with E-state index >= 15 is 0 Å². The first-order valence-corrected chi connectivity index (χ1v) is 3.40. The molecule has 12 heavy (non-hydrogen) atoms. The monoisotopic (exact) mass is 166 g/mol. The van der Waals surface area contributed by atoms with Crippen LogP contribution in [0.3, 0.4) is 0 Å². The van der Waals surface area contributed by atoms with E-state index in [-0.39, 0.29) is 16.2 Å². The largest absolute Gasteiger partial charge is 0.289 e. The van der Waals surface area contributed by atoms with E-state index in [9.17, 15) is 13.6 Å². The lowest BCUT2D eigenvalue weighted by Gasteiger charge is -1.91. The van der Waals surface area contributed by atoms with Gasteiger partial charge in [-0.25, -0.2) is 8.78 Å². The first kappa shape index (κ1) is 7.16. The molecule has 0 aliphatic rings. The van der Waals surface area contributed by atoms with Crippen molar-refractivity contribution in [3.8, 4) is 0 Å². The Bertz CT molecular complexity index is 452. The lowest BCUT2D eigenvalue weighted by Crippen LogP contribution is -1.93. The maximum atomic E-state index is 12.9. The highest BCUT2D eigenvalue weighted by atomic mass is 19.1. The molecule has 0 heterocycles. The summed E-state index contributed by atoms with van der Waals surface area (Å²) >= 11 is 0. The second-order valence-electron chi connectivity index (χ2n) is 2.55. The molecule has 3 heteroatoms. The number of halogens is 2. The molecule has 0 unspecified atom stereocenters. The minimum absolute atomic E-state index is 0.0579. The molecular weight excluding hydrogens is 162 g/mol. The summed E-state index contributed by atoms with van der Waals surface area (Å²) in [6.07, 6.45) is 0. The van der Waals surface area contributed by atoms with Gasteiger partial charge < -0.3 is 0 Å².